The number of carboxylic acids is 1. The molecule has 4 nitrogen and oxygen atoms in total. The average molecular weight is 270 g/mol. The number of ether oxygens (including phenoxy) is 1. The van der Waals surface area contributed by atoms with Crippen molar-refractivity contribution in [1.29, 1.82) is 0 Å². The largest absolute Gasteiger partial charge is 0.481 e. The van der Waals surface area contributed by atoms with Gasteiger partial charge in [0.2, 0.25) is 0 Å². The summed E-state index contributed by atoms with van der Waals surface area (Å²) in [5.41, 5.74) is -0.709. The SMILES string of the molecule is CC(C)(C)C(C)(C)C(=O)OC1CCC(C(=O)O)CC1. The van der Waals surface area contributed by atoms with E-state index < -0.39 is 11.4 Å². The summed E-state index contributed by atoms with van der Waals surface area (Å²) in [4.78, 5) is 23.1. The minimum Gasteiger partial charge on any atom is -0.481 e. The van der Waals surface area contributed by atoms with Crippen molar-refractivity contribution in [1.82, 2.24) is 0 Å². The molecule has 0 saturated heterocycles. The normalized spacial score (nSPS) is 24.9. The van der Waals surface area contributed by atoms with Gasteiger partial charge in [-0.15, -0.1) is 0 Å². The molecule has 0 aliphatic heterocycles. The van der Waals surface area contributed by atoms with E-state index >= 15 is 0 Å². The van der Waals surface area contributed by atoms with Crippen molar-refractivity contribution >= 4 is 11.9 Å². The number of hydrogen-bond acceptors (Lipinski definition) is 3. The Labute approximate surface area is 115 Å². The van der Waals surface area contributed by atoms with Crippen LogP contribution >= 0.6 is 0 Å². The third-order valence-electron chi connectivity index (χ3n) is 4.68. The van der Waals surface area contributed by atoms with Crippen LogP contribution in [0.5, 0.6) is 0 Å². The fraction of sp³-hybridized carbons (Fsp3) is 0.867. The summed E-state index contributed by atoms with van der Waals surface area (Å²) in [6.07, 6.45) is 2.39. The van der Waals surface area contributed by atoms with E-state index in [1.807, 2.05) is 34.6 Å². The number of esters is 1. The highest BCUT2D eigenvalue weighted by molar-refractivity contribution is 5.77. The van der Waals surface area contributed by atoms with Crippen LogP contribution in [0, 0.1) is 16.7 Å². The van der Waals surface area contributed by atoms with Crippen LogP contribution in [0.25, 0.3) is 0 Å². The van der Waals surface area contributed by atoms with Crippen molar-refractivity contribution in [3.63, 3.8) is 0 Å². The molecule has 4 heteroatoms. The summed E-state index contributed by atoms with van der Waals surface area (Å²) in [5, 5.41) is 8.93. The molecule has 0 aromatic heterocycles. The number of carbonyl (C=O) groups is 2. The van der Waals surface area contributed by atoms with Crippen molar-refractivity contribution in [2.24, 2.45) is 16.7 Å². The molecule has 0 heterocycles. The summed E-state index contributed by atoms with van der Waals surface area (Å²) in [6, 6.07) is 0. The maximum Gasteiger partial charge on any atom is 0.312 e. The van der Waals surface area contributed by atoms with Gasteiger partial charge in [-0.3, -0.25) is 9.59 Å². The molecule has 0 aromatic rings. The number of rotatable bonds is 3. The second-order valence-electron chi connectivity index (χ2n) is 7.09. The highest BCUT2D eigenvalue weighted by atomic mass is 16.5. The first-order valence-electron chi connectivity index (χ1n) is 6.99. The molecule has 0 radical (unpaired) electrons. The highest BCUT2D eigenvalue weighted by Crippen LogP contribution is 2.40. The zero-order chi connectivity index (χ0) is 14.8. The van der Waals surface area contributed by atoms with Gasteiger partial charge < -0.3 is 9.84 Å². The summed E-state index contributed by atoms with van der Waals surface area (Å²) >= 11 is 0. The standard InChI is InChI=1S/C15H26O4/c1-14(2,3)15(4,5)13(18)19-11-8-6-10(7-9-11)12(16)17/h10-11H,6-9H2,1-5H3,(H,16,17). The molecule has 1 rings (SSSR count). The van der Waals surface area contributed by atoms with Gasteiger partial charge in [-0.05, 0) is 44.9 Å². The zero-order valence-electron chi connectivity index (χ0n) is 12.7. The summed E-state index contributed by atoms with van der Waals surface area (Å²) in [6.45, 7) is 9.87. The lowest BCUT2D eigenvalue weighted by Gasteiger charge is -2.38. The minimum atomic E-state index is -0.736. The molecule has 0 bridgehead atoms. The van der Waals surface area contributed by atoms with Gasteiger partial charge in [0, 0.05) is 0 Å². The van der Waals surface area contributed by atoms with Gasteiger partial charge in [0.05, 0.1) is 11.3 Å². The first-order valence-corrected chi connectivity index (χ1v) is 6.99. The zero-order valence-corrected chi connectivity index (χ0v) is 12.7. The Morgan fingerprint density at radius 1 is 1.00 bits per heavy atom. The Kier molecular flexibility index (Phi) is 4.64. The Morgan fingerprint density at radius 3 is 1.84 bits per heavy atom. The Morgan fingerprint density at radius 2 is 1.47 bits per heavy atom. The molecule has 1 aliphatic carbocycles. The molecule has 1 N–H and O–H groups in total. The van der Waals surface area contributed by atoms with Gasteiger partial charge in [-0.1, -0.05) is 20.8 Å². The Hall–Kier alpha value is -1.06. The maximum absolute atomic E-state index is 12.3. The first-order chi connectivity index (χ1) is 8.55. The molecule has 0 spiro atoms. The first kappa shape index (κ1) is 16.0. The monoisotopic (exact) mass is 270 g/mol. The molecule has 1 saturated carbocycles. The van der Waals surface area contributed by atoms with E-state index in [4.69, 9.17) is 9.84 Å². The van der Waals surface area contributed by atoms with Crippen LogP contribution in [0.3, 0.4) is 0 Å². The molecular formula is C15H26O4. The predicted molar refractivity (Wildman–Crippen MR) is 72.7 cm³/mol. The summed E-state index contributed by atoms with van der Waals surface area (Å²) < 4.78 is 5.58. The second kappa shape index (κ2) is 5.51. The quantitative estimate of drug-likeness (QED) is 0.800. The molecule has 0 aromatic carbocycles. The third-order valence-corrected chi connectivity index (χ3v) is 4.68. The van der Waals surface area contributed by atoms with Crippen LogP contribution in [0.1, 0.15) is 60.3 Å². The van der Waals surface area contributed by atoms with Crippen LogP contribution < -0.4 is 0 Å². The van der Waals surface area contributed by atoms with Crippen molar-refractivity contribution in [2.75, 3.05) is 0 Å². The van der Waals surface area contributed by atoms with Crippen LogP contribution in [-0.4, -0.2) is 23.1 Å². The lowest BCUT2D eigenvalue weighted by atomic mass is 9.69. The van der Waals surface area contributed by atoms with Crippen molar-refractivity contribution in [2.45, 2.75) is 66.4 Å². The highest BCUT2D eigenvalue weighted by Gasteiger charge is 2.42. The van der Waals surface area contributed by atoms with Crippen LogP contribution in [0.4, 0.5) is 0 Å². The van der Waals surface area contributed by atoms with Crippen molar-refractivity contribution in [3.8, 4) is 0 Å². The predicted octanol–water partition coefficient (Wildman–Crippen LogP) is 3.25. The van der Waals surface area contributed by atoms with Gasteiger partial charge in [0.1, 0.15) is 6.10 Å². The Bertz CT molecular complexity index is 344. The van der Waals surface area contributed by atoms with E-state index in [1.165, 1.54) is 0 Å². The molecule has 0 atom stereocenters. The lowest BCUT2D eigenvalue weighted by molar-refractivity contribution is -0.168. The van der Waals surface area contributed by atoms with Gasteiger partial charge in [0.15, 0.2) is 0 Å². The summed E-state index contributed by atoms with van der Waals surface area (Å²) in [5.74, 6) is -1.19. The minimum absolute atomic E-state index is 0.121. The molecule has 110 valence electrons. The molecular weight excluding hydrogens is 244 g/mol. The van der Waals surface area contributed by atoms with Crippen LogP contribution in [-0.2, 0) is 14.3 Å². The van der Waals surface area contributed by atoms with E-state index in [1.54, 1.807) is 0 Å². The van der Waals surface area contributed by atoms with E-state index in [-0.39, 0.29) is 23.4 Å². The molecule has 0 unspecified atom stereocenters. The van der Waals surface area contributed by atoms with E-state index in [9.17, 15) is 9.59 Å². The number of hydrogen-bond donors (Lipinski definition) is 1. The topological polar surface area (TPSA) is 63.6 Å². The van der Waals surface area contributed by atoms with Gasteiger partial charge in [-0.25, -0.2) is 0 Å². The number of carbonyl (C=O) groups excluding carboxylic acids is 1. The molecule has 1 fully saturated rings. The smallest absolute Gasteiger partial charge is 0.312 e. The van der Waals surface area contributed by atoms with E-state index in [0.717, 1.165) is 0 Å². The van der Waals surface area contributed by atoms with Crippen molar-refractivity contribution in [3.05, 3.63) is 0 Å². The number of carboxylic acid groups (broad SMARTS) is 1. The van der Waals surface area contributed by atoms with Crippen LogP contribution in [0.15, 0.2) is 0 Å². The maximum atomic E-state index is 12.3. The fourth-order valence-electron chi connectivity index (χ4n) is 2.03. The lowest BCUT2D eigenvalue weighted by Crippen LogP contribution is -2.41. The van der Waals surface area contributed by atoms with Gasteiger partial charge in [-0.2, -0.15) is 0 Å². The molecule has 19 heavy (non-hydrogen) atoms. The third kappa shape index (κ3) is 3.71. The average Bonchev–Trinajstić information content (AvgIpc) is 2.28. The second-order valence-corrected chi connectivity index (χ2v) is 7.09. The summed E-state index contributed by atoms with van der Waals surface area (Å²) in [7, 11) is 0. The molecule has 1 aliphatic rings. The van der Waals surface area contributed by atoms with Crippen LogP contribution in [0.2, 0.25) is 0 Å². The van der Waals surface area contributed by atoms with Gasteiger partial charge >= 0.3 is 11.9 Å². The van der Waals surface area contributed by atoms with E-state index in [0.29, 0.717) is 25.7 Å². The van der Waals surface area contributed by atoms with E-state index in [2.05, 4.69) is 0 Å². The van der Waals surface area contributed by atoms with Gasteiger partial charge in [0.25, 0.3) is 0 Å². The molecule has 0 amide bonds. The number of aliphatic carboxylic acids is 1. The fourth-order valence-corrected chi connectivity index (χ4v) is 2.03. The Balaban J connectivity index is 2.54. The van der Waals surface area contributed by atoms with Crippen molar-refractivity contribution < 1.29 is 19.4 Å².